The van der Waals surface area contributed by atoms with Crippen molar-refractivity contribution in [3.63, 3.8) is 0 Å². The maximum atomic E-state index is 13.0. The van der Waals surface area contributed by atoms with Gasteiger partial charge in [0, 0.05) is 10.6 Å². The summed E-state index contributed by atoms with van der Waals surface area (Å²) < 4.78 is 13.0. The van der Waals surface area contributed by atoms with Gasteiger partial charge in [0.2, 0.25) is 0 Å². The number of anilines is 2. The van der Waals surface area contributed by atoms with Crippen molar-refractivity contribution in [2.24, 2.45) is 5.73 Å². The van der Waals surface area contributed by atoms with E-state index in [0.717, 1.165) is 0 Å². The Kier molecular flexibility index (Phi) is 4.24. The van der Waals surface area contributed by atoms with E-state index < -0.39 is 5.82 Å². The van der Waals surface area contributed by atoms with Crippen LogP contribution in [-0.2, 0) is 0 Å². The van der Waals surface area contributed by atoms with E-state index in [0.29, 0.717) is 22.0 Å². The molecule has 0 unspecified atom stereocenters. The minimum absolute atomic E-state index is 0.234. The summed E-state index contributed by atoms with van der Waals surface area (Å²) in [7, 11) is 0. The van der Waals surface area contributed by atoms with Gasteiger partial charge in [0.25, 0.3) is 0 Å². The lowest BCUT2D eigenvalue weighted by molar-refractivity contribution is 0.628. The molecule has 0 bridgehead atoms. The van der Waals surface area contributed by atoms with Gasteiger partial charge in [-0.1, -0.05) is 35.4 Å². The molecule has 0 aliphatic rings. The fourth-order valence-corrected chi connectivity index (χ4v) is 2.14. The Labute approximate surface area is 125 Å². The highest BCUT2D eigenvalue weighted by Crippen LogP contribution is 2.29. The summed E-state index contributed by atoms with van der Waals surface area (Å²) in [4.78, 5) is 0.234. The quantitative estimate of drug-likeness (QED) is 0.819. The highest BCUT2D eigenvalue weighted by Gasteiger charge is 2.09. The molecule has 2 rings (SSSR count). The first-order valence-corrected chi connectivity index (χ1v) is 6.45. The number of hydrogen-bond donors (Lipinski definition) is 2. The zero-order valence-corrected chi connectivity index (χ0v) is 11.9. The molecule has 98 valence electrons. The molecule has 0 saturated carbocycles. The summed E-state index contributed by atoms with van der Waals surface area (Å²) in [5.41, 5.74) is 7.44. The van der Waals surface area contributed by atoms with E-state index in [9.17, 15) is 4.39 Å². The molecule has 0 heterocycles. The minimum Gasteiger partial charge on any atom is -0.389 e. The van der Waals surface area contributed by atoms with Gasteiger partial charge < -0.3 is 11.1 Å². The lowest BCUT2D eigenvalue weighted by Crippen LogP contribution is -2.11. The van der Waals surface area contributed by atoms with E-state index in [1.165, 1.54) is 18.2 Å². The number of benzene rings is 2. The predicted octanol–water partition coefficient (Wildman–Crippen LogP) is 4.51. The number of hydrogen-bond acceptors (Lipinski definition) is 2. The van der Waals surface area contributed by atoms with Crippen molar-refractivity contribution >= 4 is 51.8 Å². The Morgan fingerprint density at radius 2 is 1.84 bits per heavy atom. The second-order valence-electron chi connectivity index (χ2n) is 3.80. The average molecular weight is 315 g/mol. The Morgan fingerprint density at radius 1 is 1.11 bits per heavy atom. The first-order chi connectivity index (χ1) is 8.97. The van der Waals surface area contributed by atoms with Crippen molar-refractivity contribution in [2.75, 3.05) is 5.32 Å². The fraction of sp³-hybridized carbons (Fsp3) is 0. The van der Waals surface area contributed by atoms with Crippen LogP contribution < -0.4 is 11.1 Å². The number of thiocarbonyl (C=S) groups is 1. The molecule has 0 atom stereocenters. The van der Waals surface area contributed by atoms with E-state index in [1.807, 2.05) is 0 Å². The normalized spacial score (nSPS) is 10.3. The lowest BCUT2D eigenvalue weighted by atomic mass is 10.1. The van der Waals surface area contributed by atoms with Gasteiger partial charge >= 0.3 is 0 Å². The molecule has 3 N–H and O–H groups in total. The third-order valence-electron chi connectivity index (χ3n) is 2.45. The average Bonchev–Trinajstić information content (AvgIpc) is 2.32. The first kappa shape index (κ1) is 14.1. The largest absolute Gasteiger partial charge is 0.389 e. The van der Waals surface area contributed by atoms with E-state index >= 15 is 0 Å². The summed E-state index contributed by atoms with van der Waals surface area (Å²) in [6.45, 7) is 0. The van der Waals surface area contributed by atoms with Crippen molar-refractivity contribution in [3.8, 4) is 0 Å². The van der Waals surface area contributed by atoms with Crippen LogP contribution in [0.15, 0.2) is 36.4 Å². The number of nitrogens with two attached hydrogens (primary N) is 1. The second-order valence-corrected chi connectivity index (χ2v) is 5.09. The zero-order chi connectivity index (χ0) is 14.0. The fourth-order valence-electron chi connectivity index (χ4n) is 1.57. The third kappa shape index (κ3) is 3.35. The van der Waals surface area contributed by atoms with Crippen LogP contribution in [0, 0.1) is 5.82 Å². The molecule has 0 aromatic heterocycles. The Morgan fingerprint density at radius 3 is 2.47 bits per heavy atom. The number of nitrogens with one attached hydrogen (secondary N) is 1. The molecular weight excluding hydrogens is 306 g/mol. The molecule has 19 heavy (non-hydrogen) atoms. The number of halogens is 3. The Bertz CT molecular complexity index is 647. The summed E-state index contributed by atoms with van der Waals surface area (Å²) in [6, 6.07) is 9.13. The molecule has 0 radical (unpaired) electrons. The van der Waals surface area contributed by atoms with Gasteiger partial charge in [-0.05, 0) is 36.4 Å². The van der Waals surface area contributed by atoms with Crippen LogP contribution in [0.5, 0.6) is 0 Å². The molecule has 0 aliphatic heterocycles. The molecule has 0 amide bonds. The second kappa shape index (κ2) is 5.74. The summed E-state index contributed by atoms with van der Waals surface area (Å²) in [5.74, 6) is -0.406. The lowest BCUT2D eigenvalue weighted by Gasteiger charge is -2.13. The van der Waals surface area contributed by atoms with Crippen molar-refractivity contribution in [1.29, 1.82) is 0 Å². The molecule has 0 aliphatic carbocycles. The zero-order valence-electron chi connectivity index (χ0n) is 9.58. The smallest absolute Gasteiger partial charge is 0.124 e. The van der Waals surface area contributed by atoms with Crippen molar-refractivity contribution in [2.45, 2.75) is 0 Å². The van der Waals surface area contributed by atoms with E-state index in [-0.39, 0.29) is 10.0 Å². The highest BCUT2D eigenvalue weighted by atomic mass is 35.5. The van der Waals surface area contributed by atoms with Gasteiger partial charge in [0.05, 0.1) is 16.4 Å². The van der Waals surface area contributed by atoms with Gasteiger partial charge in [-0.25, -0.2) is 4.39 Å². The Balaban J connectivity index is 2.42. The van der Waals surface area contributed by atoms with Crippen LogP contribution in [-0.4, -0.2) is 4.99 Å². The molecule has 0 saturated heterocycles. The maximum Gasteiger partial charge on any atom is 0.124 e. The third-order valence-corrected chi connectivity index (χ3v) is 3.22. The molecular formula is C13H9Cl2FN2S. The van der Waals surface area contributed by atoms with Gasteiger partial charge in [-0.3, -0.25) is 0 Å². The standard InChI is InChI=1S/C13H9Cl2FN2S/c14-7-1-3-9(13(17)19)12(5-7)18-11-4-2-8(16)6-10(11)15/h1-6,18H,(H2,17,19). The predicted molar refractivity (Wildman–Crippen MR) is 82.0 cm³/mol. The first-order valence-electron chi connectivity index (χ1n) is 5.29. The minimum atomic E-state index is -0.406. The molecule has 6 heteroatoms. The maximum absolute atomic E-state index is 13.0. The van der Waals surface area contributed by atoms with Crippen molar-refractivity contribution in [3.05, 3.63) is 57.8 Å². The van der Waals surface area contributed by atoms with Crippen molar-refractivity contribution < 1.29 is 4.39 Å². The van der Waals surface area contributed by atoms with Crippen LogP contribution in [0.1, 0.15) is 5.56 Å². The summed E-state index contributed by atoms with van der Waals surface area (Å²) in [6.07, 6.45) is 0. The van der Waals surface area contributed by atoms with Crippen LogP contribution in [0.25, 0.3) is 0 Å². The summed E-state index contributed by atoms with van der Waals surface area (Å²) in [5, 5.41) is 3.83. The van der Waals surface area contributed by atoms with E-state index in [1.54, 1.807) is 18.2 Å². The molecule has 2 aromatic carbocycles. The molecule has 0 spiro atoms. The van der Waals surface area contributed by atoms with Crippen LogP contribution >= 0.6 is 35.4 Å². The summed E-state index contributed by atoms with van der Waals surface area (Å²) >= 11 is 16.9. The molecule has 0 fully saturated rings. The van der Waals surface area contributed by atoms with Crippen LogP contribution in [0.3, 0.4) is 0 Å². The van der Waals surface area contributed by atoms with E-state index in [2.05, 4.69) is 5.32 Å². The molecule has 2 nitrogen and oxygen atoms in total. The van der Waals surface area contributed by atoms with Crippen LogP contribution in [0.4, 0.5) is 15.8 Å². The van der Waals surface area contributed by atoms with Gasteiger partial charge in [-0.2, -0.15) is 0 Å². The SMILES string of the molecule is NC(=S)c1ccc(Cl)cc1Nc1ccc(F)cc1Cl. The van der Waals surface area contributed by atoms with Crippen LogP contribution in [0.2, 0.25) is 10.0 Å². The monoisotopic (exact) mass is 314 g/mol. The van der Waals surface area contributed by atoms with Crippen molar-refractivity contribution in [1.82, 2.24) is 0 Å². The van der Waals surface area contributed by atoms with Gasteiger partial charge in [-0.15, -0.1) is 0 Å². The Hall–Kier alpha value is -1.36. The number of rotatable bonds is 3. The highest BCUT2D eigenvalue weighted by molar-refractivity contribution is 7.80. The molecule has 2 aromatic rings. The van der Waals surface area contributed by atoms with E-state index in [4.69, 9.17) is 41.2 Å². The topological polar surface area (TPSA) is 38.0 Å². The van der Waals surface area contributed by atoms with Gasteiger partial charge in [0.1, 0.15) is 10.8 Å². The van der Waals surface area contributed by atoms with Gasteiger partial charge in [0.15, 0.2) is 0 Å².